The van der Waals surface area contributed by atoms with Crippen LogP contribution in [0.2, 0.25) is 0 Å². The normalized spacial score (nSPS) is 21.1. The third-order valence-corrected chi connectivity index (χ3v) is 7.10. The molecule has 7 heteroatoms. The summed E-state index contributed by atoms with van der Waals surface area (Å²) < 4.78 is 5.93. The molecular weight excluding hydrogens is 450 g/mol. The molecule has 1 aliphatic carbocycles. The fourth-order valence-corrected chi connectivity index (χ4v) is 4.85. The van der Waals surface area contributed by atoms with Crippen molar-refractivity contribution in [3.05, 3.63) is 53.6 Å². The Morgan fingerprint density at radius 2 is 2.22 bits per heavy atom. The summed E-state index contributed by atoms with van der Waals surface area (Å²) in [6.45, 7) is 11.9. The molecule has 7 nitrogen and oxygen atoms in total. The average molecular weight is 492 g/mol. The molecule has 0 radical (unpaired) electrons. The number of carbonyl (C=O) groups excluding carboxylic acids is 1. The number of aromatic amines is 1. The second-order valence-corrected chi connectivity index (χ2v) is 9.64. The topological polar surface area (TPSA) is 82.1 Å². The Labute approximate surface area is 216 Å². The molecule has 2 N–H and O–H groups in total. The zero-order valence-electron chi connectivity index (χ0n) is 22.1. The van der Waals surface area contributed by atoms with Crippen molar-refractivity contribution >= 4 is 12.0 Å². The standard InChI is InChI=1S/C29H41N5O2/c1-6-10-14-29(32-33-29)15-16-36-22(5)17-23(7-2)20-30-25-12-11-13-26(19-25)34(9-4)28(35)27-18-24(8-3)21-31-27/h1,7-8,17-18,21,25-26,30-31H,3,9-16,19-20H2,2,4-5H3/b22-17+,23-7+. The van der Waals surface area contributed by atoms with E-state index in [2.05, 4.69) is 52.1 Å². The van der Waals surface area contributed by atoms with E-state index >= 15 is 0 Å². The van der Waals surface area contributed by atoms with E-state index in [1.165, 1.54) is 5.57 Å². The van der Waals surface area contributed by atoms with Gasteiger partial charge in [0.15, 0.2) is 5.66 Å². The van der Waals surface area contributed by atoms with E-state index in [4.69, 9.17) is 11.2 Å². The quantitative estimate of drug-likeness (QED) is 0.194. The van der Waals surface area contributed by atoms with Gasteiger partial charge in [0.2, 0.25) is 0 Å². The fraction of sp³-hybridized carbons (Fsp3) is 0.552. The smallest absolute Gasteiger partial charge is 0.270 e. The Hall–Kier alpha value is -3.11. The van der Waals surface area contributed by atoms with Crippen molar-refractivity contribution in [2.45, 2.75) is 83.5 Å². The van der Waals surface area contributed by atoms with Crippen molar-refractivity contribution in [1.82, 2.24) is 15.2 Å². The molecule has 0 spiro atoms. The van der Waals surface area contributed by atoms with Crippen molar-refractivity contribution in [2.75, 3.05) is 19.7 Å². The number of terminal acetylenes is 1. The van der Waals surface area contributed by atoms with E-state index in [1.807, 2.05) is 31.0 Å². The van der Waals surface area contributed by atoms with E-state index in [-0.39, 0.29) is 17.6 Å². The third kappa shape index (κ3) is 7.69. The third-order valence-electron chi connectivity index (χ3n) is 7.10. The van der Waals surface area contributed by atoms with Crippen LogP contribution in [0.1, 0.15) is 81.8 Å². The summed E-state index contributed by atoms with van der Waals surface area (Å²) >= 11 is 0. The number of aromatic nitrogens is 1. The van der Waals surface area contributed by atoms with E-state index in [0.717, 1.165) is 56.4 Å². The molecular formula is C29H41N5O2. The maximum absolute atomic E-state index is 13.1. The molecule has 2 aliphatic rings. The highest BCUT2D eigenvalue weighted by atomic mass is 16.5. The highest BCUT2D eigenvalue weighted by Crippen LogP contribution is 2.36. The molecule has 1 aromatic heterocycles. The van der Waals surface area contributed by atoms with Gasteiger partial charge < -0.3 is 19.9 Å². The summed E-state index contributed by atoms with van der Waals surface area (Å²) in [6, 6.07) is 2.48. The number of nitrogens with zero attached hydrogens (tertiary/aromatic N) is 3. The number of amides is 1. The van der Waals surface area contributed by atoms with E-state index in [0.29, 0.717) is 31.3 Å². The SMILES string of the molecule is C#CCCC1(CCO/C(C)=C/C(=C\C)CNC2CCCC(N(CC)C(=O)c3cc(C=C)c[nH]3)C2)N=N1. The first-order chi connectivity index (χ1) is 17.4. The van der Waals surface area contributed by atoms with Gasteiger partial charge in [-0.3, -0.25) is 4.79 Å². The fourth-order valence-electron chi connectivity index (χ4n) is 4.85. The molecule has 2 unspecified atom stereocenters. The van der Waals surface area contributed by atoms with Gasteiger partial charge in [0.25, 0.3) is 5.91 Å². The van der Waals surface area contributed by atoms with Crippen molar-refractivity contribution in [3.63, 3.8) is 0 Å². The van der Waals surface area contributed by atoms with Crippen molar-refractivity contribution in [2.24, 2.45) is 10.2 Å². The maximum Gasteiger partial charge on any atom is 0.270 e. The second kappa shape index (κ2) is 13.3. The van der Waals surface area contributed by atoms with Gasteiger partial charge in [0, 0.05) is 50.6 Å². The molecule has 36 heavy (non-hydrogen) atoms. The molecule has 1 amide bonds. The lowest BCUT2D eigenvalue weighted by Crippen LogP contribution is -2.47. The van der Waals surface area contributed by atoms with Crippen LogP contribution in [0.15, 0.2) is 52.6 Å². The maximum atomic E-state index is 13.1. The van der Waals surface area contributed by atoms with Crippen LogP contribution in [0.3, 0.4) is 0 Å². The predicted octanol–water partition coefficient (Wildman–Crippen LogP) is 5.85. The van der Waals surface area contributed by atoms with Crippen LogP contribution >= 0.6 is 0 Å². The van der Waals surface area contributed by atoms with Crippen molar-refractivity contribution < 1.29 is 9.53 Å². The first-order valence-corrected chi connectivity index (χ1v) is 13.1. The Morgan fingerprint density at radius 1 is 1.42 bits per heavy atom. The van der Waals surface area contributed by atoms with E-state index < -0.39 is 0 Å². The minimum absolute atomic E-state index is 0.0639. The molecule has 0 aromatic carbocycles. The van der Waals surface area contributed by atoms with Crippen LogP contribution in [0.5, 0.6) is 0 Å². The number of nitrogens with one attached hydrogen (secondary N) is 2. The first-order valence-electron chi connectivity index (χ1n) is 13.1. The zero-order valence-corrected chi connectivity index (χ0v) is 22.1. The molecule has 2 atom stereocenters. The second-order valence-electron chi connectivity index (χ2n) is 9.64. The minimum atomic E-state index is -0.308. The van der Waals surface area contributed by atoms with E-state index in [9.17, 15) is 4.79 Å². The molecule has 0 saturated heterocycles. The summed E-state index contributed by atoms with van der Waals surface area (Å²) in [5.74, 6) is 3.60. The summed E-state index contributed by atoms with van der Waals surface area (Å²) in [5.41, 5.74) is 2.44. The van der Waals surface area contributed by atoms with Crippen molar-refractivity contribution in [1.29, 1.82) is 0 Å². The highest BCUT2D eigenvalue weighted by molar-refractivity contribution is 5.93. The number of allylic oxidation sites excluding steroid dienone is 2. The lowest BCUT2D eigenvalue weighted by Gasteiger charge is -2.37. The lowest BCUT2D eigenvalue weighted by atomic mass is 9.89. The van der Waals surface area contributed by atoms with Crippen LogP contribution < -0.4 is 5.32 Å². The molecule has 2 heterocycles. The van der Waals surface area contributed by atoms with Gasteiger partial charge in [-0.2, -0.15) is 10.2 Å². The highest BCUT2D eigenvalue weighted by Gasteiger charge is 2.38. The van der Waals surface area contributed by atoms with Crippen LogP contribution in [0.25, 0.3) is 6.08 Å². The molecule has 194 valence electrons. The number of H-pyrrole nitrogens is 1. The molecule has 1 aromatic rings. The Bertz CT molecular complexity index is 1020. The Morgan fingerprint density at radius 3 is 2.86 bits per heavy atom. The number of hydrogen-bond acceptors (Lipinski definition) is 5. The molecule has 1 saturated carbocycles. The summed E-state index contributed by atoms with van der Waals surface area (Å²) in [7, 11) is 0. The van der Waals surface area contributed by atoms with Gasteiger partial charge in [-0.25, -0.2) is 0 Å². The molecule has 0 bridgehead atoms. The summed E-state index contributed by atoms with van der Waals surface area (Å²) in [6.07, 6.45) is 19.6. The number of rotatable bonds is 14. The lowest BCUT2D eigenvalue weighted by molar-refractivity contribution is 0.0624. The van der Waals surface area contributed by atoms with Gasteiger partial charge in [0.1, 0.15) is 5.69 Å². The van der Waals surface area contributed by atoms with Crippen molar-refractivity contribution in [3.8, 4) is 12.3 Å². The predicted molar refractivity (Wildman–Crippen MR) is 145 cm³/mol. The van der Waals surface area contributed by atoms with E-state index in [1.54, 1.807) is 6.08 Å². The minimum Gasteiger partial charge on any atom is -0.498 e. The molecule has 1 aliphatic heterocycles. The largest absolute Gasteiger partial charge is 0.498 e. The van der Waals surface area contributed by atoms with Gasteiger partial charge in [-0.15, -0.1) is 12.3 Å². The monoisotopic (exact) mass is 491 g/mol. The number of hydrogen-bond donors (Lipinski definition) is 2. The summed E-state index contributed by atoms with van der Waals surface area (Å²) in [5, 5.41) is 12.0. The van der Waals surface area contributed by atoms with Crippen LogP contribution in [-0.2, 0) is 4.74 Å². The first kappa shape index (κ1) is 27.5. The number of carbonyl (C=O) groups is 1. The molecule has 1 fully saturated rings. The Balaban J connectivity index is 1.47. The van der Waals surface area contributed by atoms with Crippen LogP contribution in [-0.4, -0.2) is 53.2 Å². The van der Waals surface area contributed by atoms with Gasteiger partial charge in [-0.1, -0.05) is 18.7 Å². The number of ether oxygens (including phenoxy) is 1. The average Bonchev–Trinajstić information content (AvgIpc) is 3.49. The van der Waals surface area contributed by atoms with Gasteiger partial charge >= 0.3 is 0 Å². The Kier molecular flexibility index (Phi) is 10.1. The molecule has 3 rings (SSSR count). The van der Waals surface area contributed by atoms with Crippen LogP contribution in [0, 0.1) is 12.3 Å². The summed E-state index contributed by atoms with van der Waals surface area (Å²) in [4.78, 5) is 18.2. The zero-order chi connectivity index (χ0) is 26.0. The van der Waals surface area contributed by atoms with Gasteiger partial charge in [0.05, 0.1) is 12.4 Å². The van der Waals surface area contributed by atoms with Crippen LogP contribution in [0.4, 0.5) is 0 Å². The van der Waals surface area contributed by atoms with Gasteiger partial charge in [-0.05, 0) is 69.7 Å².